The van der Waals surface area contributed by atoms with Gasteiger partial charge in [-0.15, -0.1) is 0 Å². The highest BCUT2D eigenvalue weighted by atomic mass is 16.1. The Bertz CT molecular complexity index is 505. The molecule has 20 heavy (non-hydrogen) atoms. The molecule has 1 fully saturated rings. The topological polar surface area (TPSA) is 46.9 Å². The van der Waals surface area contributed by atoms with Crippen molar-refractivity contribution in [3.63, 3.8) is 0 Å². The Morgan fingerprint density at radius 1 is 1.45 bits per heavy atom. The molecule has 1 aromatic rings. The van der Waals surface area contributed by atoms with Gasteiger partial charge >= 0.3 is 0 Å². The van der Waals surface area contributed by atoms with Crippen LogP contribution in [0, 0.1) is 11.3 Å². The number of nitrogens with zero attached hydrogens (tertiary/aromatic N) is 2. The maximum Gasteiger partial charge on any atom is 0.293 e. The molecule has 0 aliphatic heterocycles. The fourth-order valence-corrected chi connectivity index (χ4v) is 3.01. The van der Waals surface area contributed by atoms with Crippen molar-refractivity contribution in [2.75, 3.05) is 5.32 Å². The minimum Gasteiger partial charge on any atom is -0.362 e. The van der Waals surface area contributed by atoms with Crippen LogP contribution in [-0.2, 0) is 6.54 Å². The number of aromatic nitrogens is 2. The summed E-state index contributed by atoms with van der Waals surface area (Å²) in [6, 6.07) is 0.339. The first-order chi connectivity index (χ1) is 9.40. The summed E-state index contributed by atoms with van der Waals surface area (Å²) in [5.41, 5.74) is 0.230. The van der Waals surface area contributed by atoms with Crippen molar-refractivity contribution in [1.82, 2.24) is 9.55 Å². The first kappa shape index (κ1) is 15.1. The fourth-order valence-electron chi connectivity index (χ4n) is 3.01. The van der Waals surface area contributed by atoms with Gasteiger partial charge in [0.05, 0.1) is 0 Å². The van der Waals surface area contributed by atoms with Crippen LogP contribution in [0.5, 0.6) is 0 Å². The van der Waals surface area contributed by atoms with E-state index in [1.165, 1.54) is 19.3 Å². The molecule has 1 heterocycles. The Hall–Kier alpha value is -1.32. The van der Waals surface area contributed by atoms with Gasteiger partial charge in [0, 0.05) is 25.0 Å². The highest BCUT2D eigenvalue weighted by Crippen LogP contribution is 2.36. The largest absolute Gasteiger partial charge is 0.362 e. The third-order valence-electron chi connectivity index (χ3n) is 4.29. The molecule has 1 saturated carbocycles. The van der Waals surface area contributed by atoms with Gasteiger partial charge in [0.2, 0.25) is 0 Å². The predicted octanol–water partition coefficient (Wildman–Crippen LogP) is 3.28. The van der Waals surface area contributed by atoms with Crippen LogP contribution in [0.3, 0.4) is 0 Å². The number of nitrogens with one attached hydrogen (secondary N) is 1. The molecule has 0 amide bonds. The molecule has 0 spiro atoms. The average Bonchev–Trinajstić information content (AvgIpc) is 2.36. The normalized spacial score (nSPS) is 21.9. The second-order valence-corrected chi connectivity index (χ2v) is 7.06. The van der Waals surface area contributed by atoms with Crippen molar-refractivity contribution >= 4 is 5.82 Å². The maximum atomic E-state index is 12.4. The third kappa shape index (κ3) is 3.41. The molecule has 0 bridgehead atoms. The Morgan fingerprint density at radius 2 is 2.20 bits per heavy atom. The molecule has 1 aliphatic carbocycles. The van der Waals surface area contributed by atoms with Crippen molar-refractivity contribution in [1.29, 1.82) is 0 Å². The summed E-state index contributed by atoms with van der Waals surface area (Å²) in [6.07, 6.45) is 8.34. The lowest BCUT2D eigenvalue weighted by molar-refractivity contribution is 0.216. The summed E-state index contributed by atoms with van der Waals surface area (Å²) >= 11 is 0. The molecular formula is C16H27N3O. The van der Waals surface area contributed by atoms with Gasteiger partial charge in [-0.25, -0.2) is 4.98 Å². The van der Waals surface area contributed by atoms with Gasteiger partial charge in [-0.2, -0.15) is 0 Å². The van der Waals surface area contributed by atoms with E-state index >= 15 is 0 Å². The second-order valence-electron chi connectivity index (χ2n) is 7.06. The second kappa shape index (κ2) is 5.98. The molecule has 4 heteroatoms. The number of rotatable bonds is 4. The number of hydrogen-bond donors (Lipinski definition) is 1. The zero-order valence-corrected chi connectivity index (χ0v) is 13.1. The maximum absolute atomic E-state index is 12.4. The highest BCUT2D eigenvalue weighted by molar-refractivity contribution is 5.33. The average molecular weight is 277 g/mol. The minimum absolute atomic E-state index is 0.00238. The summed E-state index contributed by atoms with van der Waals surface area (Å²) in [7, 11) is 0. The summed E-state index contributed by atoms with van der Waals surface area (Å²) in [6.45, 7) is 9.53. The molecule has 1 N–H and O–H groups in total. The van der Waals surface area contributed by atoms with Crippen LogP contribution in [0.1, 0.15) is 53.4 Å². The smallest absolute Gasteiger partial charge is 0.293 e. The number of hydrogen-bond acceptors (Lipinski definition) is 3. The fraction of sp³-hybridized carbons (Fsp3) is 0.750. The Labute approximate surface area is 121 Å². The van der Waals surface area contributed by atoms with E-state index in [1.54, 1.807) is 17.0 Å². The monoisotopic (exact) mass is 277 g/mol. The van der Waals surface area contributed by atoms with Crippen LogP contribution in [-0.4, -0.2) is 15.6 Å². The van der Waals surface area contributed by atoms with Crippen molar-refractivity contribution < 1.29 is 0 Å². The van der Waals surface area contributed by atoms with E-state index in [2.05, 4.69) is 38.0 Å². The number of anilines is 1. The first-order valence-corrected chi connectivity index (χ1v) is 7.72. The van der Waals surface area contributed by atoms with E-state index in [1.807, 2.05) is 0 Å². The molecule has 0 saturated heterocycles. The van der Waals surface area contributed by atoms with Gasteiger partial charge < -0.3 is 9.88 Å². The molecule has 112 valence electrons. The van der Waals surface area contributed by atoms with Gasteiger partial charge in [-0.1, -0.05) is 40.5 Å². The van der Waals surface area contributed by atoms with Crippen LogP contribution in [0.25, 0.3) is 0 Å². The lowest BCUT2D eigenvalue weighted by atomic mass is 9.73. The van der Waals surface area contributed by atoms with E-state index < -0.39 is 0 Å². The molecule has 0 aromatic carbocycles. The van der Waals surface area contributed by atoms with Gasteiger partial charge in [-0.3, -0.25) is 4.79 Å². The Kier molecular flexibility index (Phi) is 4.51. The lowest BCUT2D eigenvalue weighted by Crippen LogP contribution is -2.41. The van der Waals surface area contributed by atoms with Gasteiger partial charge in [0.25, 0.3) is 5.56 Å². The summed E-state index contributed by atoms with van der Waals surface area (Å²) in [5, 5.41) is 3.41. The van der Waals surface area contributed by atoms with E-state index in [-0.39, 0.29) is 11.0 Å². The molecule has 2 rings (SSSR count). The molecule has 1 aromatic heterocycles. The summed E-state index contributed by atoms with van der Waals surface area (Å²) in [5.74, 6) is 0.960. The quantitative estimate of drug-likeness (QED) is 0.918. The molecule has 0 radical (unpaired) electrons. The van der Waals surface area contributed by atoms with E-state index in [4.69, 9.17) is 0 Å². The zero-order chi connectivity index (χ0) is 14.8. The first-order valence-electron chi connectivity index (χ1n) is 7.72. The van der Waals surface area contributed by atoms with E-state index in [0.717, 1.165) is 13.0 Å². The Morgan fingerprint density at radius 3 is 2.85 bits per heavy atom. The van der Waals surface area contributed by atoms with Crippen molar-refractivity contribution in [2.24, 2.45) is 11.3 Å². The SMILES string of the molecule is CC(C)Cn1ccnc(NC2CCCCC2(C)C)c1=O. The standard InChI is InChI=1S/C16H27N3O/c1-12(2)11-19-10-9-17-14(15(19)20)18-13-7-5-6-8-16(13,3)4/h9-10,12-13H,5-8,11H2,1-4H3,(H,17,18). The van der Waals surface area contributed by atoms with Crippen LogP contribution < -0.4 is 10.9 Å². The predicted molar refractivity (Wildman–Crippen MR) is 83.0 cm³/mol. The van der Waals surface area contributed by atoms with Crippen molar-refractivity contribution in [3.05, 3.63) is 22.7 Å². The molecule has 1 atom stereocenters. The molecule has 1 aliphatic rings. The van der Waals surface area contributed by atoms with Crippen LogP contribution in [0.2, 0.25) is 0 Å². The van der Waals surface area contributed by atoms with Gasteiger partial charge in [0.15, 0.2) is 5.82 Å². The molecule has 1 unspecified atom stereocenters. The van der Waals surface area contributed by atoms with Crippen LogP contribution >= 0.6 is 0 Å². The highest BCUT2D eigenvalue weighted by Gasteiger charge is 2.32. The van der Waals surface area contributed by atoms with Crippen LogP contribution in [0.15, 0.2) is 17.2 Å². The zero-order valence-electron chi connectivity index (χ0n) is 13.1. The Balaban J connectivity index is 2.19. The van der Waals surface area contributed by atoms with E-state index in [9.17, 15) is 4.79 Å². The van der Waals surface area contributed by atoms with Crippen molar-refractivity contribution in [3.8, 4) is 0 Å². The van der Waals surface area contributed by atoms with Crippen molar-refractivity contribution in [2.45, 2.75) is 66.0 Å². The molecule has 4 nitrogen and oxygen atoms in total. The van der Waals surface area contributed by atoms with Gasteiger partial charge in [0.1, 0.15) is 0 Å². The van der Waals surface area contributed by atoms with E-state index in [0.29, 0.717) is 17.8 Å². The lowest BCUT2D eigenvalue weighted by Gasteiger charge is -2.39. The molecular weight excluding hydrogens is 250 g/mol. The third-order valence-corrected chi connectivity index (χ3v) is 4.29. The summed E-state index contributed by atoms with van der Waals surface area (Å²) in [4.78, 5) is 16.7. The summed E-state index contributed by atoms with van der Waals surface area (Å²) < 4.78 is 1.76. The minimum atomic E-state index is 0.00238. The van der Waals surface area contributed by atoms with Crippen LogP contribution in [0.4, 0.5) is 5.82 Å². The van der Waals surface area contributed by atoms with Gasteiger partial charge in [-0.05, 0) is 24.2 Å².